The SMILES string of the molecule is O=Cc1ccc(C2=COC=CO2)cc1. The van der Waals surface area contributed by atoms with Crippen LogP contribution < -0.4 is 0 Å². The minimum Gasteiger partial charge on any atom is -0.465 e. The van der Waals surface area contributed by atoms with Gasteiger partial charge in [-0.05, 0) is 0 Å². The minimum absolute atomic E-state index is 0.630. The summed E-state index contributed by atoms with van der Waals surface area (Å²) < 4.78 is 10.2. The molecule has 0 bridgehead atoms. The number of rotatable bonds is 2. The van der Waals surface area contributed by atoms with E-state index in [-0.39, 0.29) is 0 Å². The molecule has 0 N–H and O–H groups in total. The highest BCUT2D eigenvalue weighted by molar-refractivity contribution is 5.75. The number of aldehydes is 1. The van der Waals surface area contributed by atoms with Crippen molar-refractivity contribution in [2.24, 2.45) is 0 Å². The summed E-state index contributed by atoms with van der Waals surface area (Å²) in [6.07, 6.45) is 5.22. The van der Waals surface area contributed by atoms with Crippen LogP contribution in [0.25, 0.3) is 5.76 Å². The standard InChI is InChI=1S/C11H8O3/c12-7-9-1-3-10(4-2-9)11-8-13-5-6-14-11/h1-8H. The van der Waals surface area contributed by atoms with Crippen LogP contribution in [0.4, 0.5) is 0 Å². The third-order valence-electron chi connectivity index (χ3n) is 1.84. The fourth-order valence-corrected chi connectivity index (χ4v) is 1.12. The molecule has 0 atom stereocenters. The zero-order chi connectivity index (χ0) is 9.80. The van der Waals surface area contributed by atoms with E-state index in [9.17, 15) is 4.79 Å². The Kier molecular flexibility index (Phi) is 2.32. The molecule has 0 spiro atoms. The van der Waals surface area contributed by atoms with Crippen molar-refractivity contribution in [1.29, 1.82) is 0 Å². The van der Waals surface area contributed by atoms with Gasteiger partial charge in [-0.3, -0.25) is 4.79 Å². The zero-order valence-corrected chi connectivity index (χ0v) is 7.34. The predicted molar refractivity (Wildman–Crippen MR) is 51.1 cm³/mol. The lowest BCUT2D eigenvalue weighted by atomic mass is 10.1. The number of hydrogen-bond acceptors (Lipinski definition) is 3. The van der Waals surface area contributed by atoms with Crippen LogP contribution in [0.1, 0.15) is 15.9 Å². The summed E-state index contributed by atoms with van der Waals surface area (Å²) in [5.41, 5.74) is 1.52. The first-order valence-corrected chi connectivity index (χ1v) is 4.13. The molecule has 0 aliphatic carbocycles. The Labute approximate surface area is 81.3 Å². The first kappa shape index (κ1) is 8.56. The van der Waals surface area contributed by atoms with Gasteiger partial charge in [0.2, 0.25) is 0 Å². The van der Waals surface area contributed by atoms with Crippen LogP contribution in [0.2, 0.25) is 0 Å². The molecule has 70 valence electrons. The van der Waals surface area contributed by atoms with Gasteiger partial charge in [0.15, 0.2) is 5.76 Å². The van der Waals surface area contributed by atoms with Gasteiger partial charge in [0.25, 0.3) is 0 Å². The normalized spacial score (nSPS) is 13.9. The molecule has 1 aromatic carbocycles. The molecule has 2 rings (SSSR count). The predicted octanol–water partition coefficient (Wildman–Crippen LogP) is 2.32. The average Bonchev–Trinajstić information content (AvgIpc) is 2.30. The van der Waals surface area contributed by atoms with Crippen molar-refractivity contribution in [2.75, 3.05) is 0 Å². The van der Waals surface area contributed by atoms with Crippen molar-refractivity contribution in [3.8, 4) is 0 Å². The largest absolute Gasteiger partial charge is 0.465 e. The van der Waals surface area contributed by atoms with Gasteiger partial charge in [0, 0.05) is 11.1 Å². The van der Waals surface area contributed by atoms with Crippen LogP contribution in [-0.4, -0.2) is 6.29 Å². The van der Waals surface area contributed by atoms with E-state index in [0.29, 0.717) is 11.3 Å². The van der Waals surface area contributed by atoms with Gasteiger partial charge in [-0.15, -0.1) is 0 Å². The maximum absolute atomic E-state index is 10.4. The van der Waals surface area contributed by atoms with E-state index >= 15 is 0 Å². The van der Waals surface area contributed by atoms with Gasteiger partial charge >= 0.3 is 0 Å². The van der Waals surface area contributed by atoms with Crippen molar-refractivity contribution in [1.82, 2.24) is 0 Å². The van der Waals surface area contributed by atoms with E-state index in [1.165, 1.54) is 18.8 Å². The van der Waals surface area contributed by atoms with Crippen LogP contribution in [0.15, 0.2) is 43.1 Å². The molecule has 1 heterocycles. The molecular formula is C11H8O3. The van der Waals surface area contributed by atoms with Crippen molar-refractivity contribution in [3.05, 3.63) is 54.2 Å². The molecule has 0 saturated heterocycles. The second-order valence-electron chi connectivity index (χ2n) is 2.75. The summed E-state index contributed by atoms with van der Waals surface area (Å²) in [6.45, 7) is 0. The molecule has 0 unspecified atom stereocenters. The second-order valence-corrected chi connectivity index (χ2v) is 2.75. The van der Waals surface area contributed by atoms with Crippen LogP contribution in [0.3, 0.4) is 0 Å². The summed E-state index contributed by atoms with van der Waals surface area (Å²) >= 11 is 0. The fourth-order valence-electron chi connectivity index (χ4n) is 1.12. The van der Waals surface area contributed by atoms with Gasteiger partial charge < -0.3 is 9.47 Å². The van der Waals surface area contributed by atoms with Crippen molar-refractivity contribution >= 4 is 12.0 Å². The Morgan fingerprint density at radius 2 is 1.86 bits per heavy atom. The number of carbonyl (C=O) groups excluding carboxylic acids is 1. The van der Waals surface area contributed by atoms with E-state index in [2.05, 4.69) is 0 Å². The van der Waals surface area contributed by atoms with Gasteiger partial charge in [-0.25, -0.2) is 0 Å². The Hall–Kier alpha value is -2.03. The Morgan fingerprint density at radius 3 is 2.43 bits per heavy atom. The topological polar surface area (TPSA) is 35.5 Å². The number of carbonyl (C=O) groups is 1. The van der Waals surface area contributed by atoms with E-state index in [4.69, 9.17) is 9.47 Å². The van der Waals surface area contributed by atoms with Crippen LogP contribution in [-0.2, 0) is 9.47 Å². The van der Waals surface area contributed by atoms with Crippen LogP contribution in [0, 0.1) is 0 Å². The Bertz CT molecular complexity index is 387. The maximum Gasteiger partial charge on any atom is 0.168 e. The molecule has 0 radical (unpaired) electrons. The highest BCUT2D eigenvalue weighted by atomic mass is 16.5. The third kappa shape index (κ3) is 1.66. The summed E-state index contributed by atoms with van der Waals surface area (Å²) in [5, 5.41) is 0. The van der Waals surface area contributed by atoms with E-state index < -0.39 is 0 Å². The quantitative estimate of drug-likeness (QED) is 0.668. The third-order valence-corrected chi connectivity index (χ3v) is 1.84. The molecule has 1 aromatic rings. The van der Waals surface area contributed by atoms with Gasteiger partial charge in [-0.1, -0.05) is 24.3 Å². The number of benzene rings is 1. The van der Waals surface area contributed by atoms with Crippen LogP contribution in [0.5, 0.6) is 0 Å². The molecular weight excluding hydrogens is 180 g/mol. The van der Waals surface area contributed by atoms with Gasteiger partial charge in [0.1, 0.15) is 25.1 Å². The van der Waals surface area contributed by atoms with Crippen LogP contribution >= 0.6 is 0 Å². The smallest absolute Gasteiger partial charge is 0.168 e. The monoisotopic (exact) mass is 188 g/mol. The molecule has 0 aromatic heterocycles. The molecule has 1 aliphatic heterocycles. The summed E-state index contributed by atoms with van der Waals surface area (Å²) in [7, 11) is 0. The van der Waals surface area contributed by atoms with E-state index in [1.54, 1.807) is 24.3 Å². The molecule has 1 aliphatic rings. The first-order chi connectivity index (χ1) is 6.90. The lowest BCUT2D eigenvalue weighted by molar-refractivity contribution is 0.112. The number of hydrogen-bond donors (Lipinski definition) is 0. The van der Waals surface area contributed by atoms with E-state index in [1.807, 2.05) is 0 Å². The fraction of sp³-hybridized carbons (Fsp3) is 0. The minimum atomic E-state index is 0.630. The van der Waals surface area contributed by atoms with Crippen molar-refractivity contribution in [3.63, 3.8) is 0 Å². The molecule has 3 heteroatoms. The second kappa shape index (κ2) is 3.79. The summed E-state index contributed by atoms with van der Waals surface area (Å²) in [6, 6.07) is 7.06. The average molecular weight is 188 g/mol. The van der Waals surface area contributed by atoms with Gasteiger partial charge in [-0.2, -0.15) is 0 Å². The first-order valence-electron chi connectivity index (χ1n) is 4.13. The van der Waals surface area contributed by atoms with Gasteiger partial charge in [0.05, 0.1) is 0 Å². The Balaban J connectivity index is 2.24. The highest BCUT2D eigenvalue weighted by Gasteiger charge is 2.04. The maximum atomic E-state index is 10.4. The lowest BCUT2D eigenvalue weighted by Crippen LogP contribution is -1.92. The summed E-state index contributed by atoms with van der Waals surface area (Å²) in [5.74, 6) is 0.630. The zero-order valence-electron chi connectivity index (χ0n) is 7.34. The number of ether oxygens (including phenoxy) is 2. The lowest BCUT2D eigenvalue weighted by Gasteiger charge is -2.09. The highest BCUT2D eigenvalue weighted by Crippen LogP contribution is 2.19. The molecule has 0 saturated carbocycles. The summed E-state index contributed by atoms with van der Waals surface area (Å²) in [4.78, 5) is 10.4. The van der Waals surface area contributed by atoms with E-state index in [0.717, 1.165) is 11.8 Å². The molecule has 14 heavy (non-hydrogen) atoms. The van der Waals surface area contributed by atoms with Crippen molar-refractivity contribution in [2.45, 2.75) is 0 Å². The molecule has 0 amide bonds. The molecule has 3 nitrogen and oxygen atoms in total. The van der Waals surface area contributed by atoms with Crippen molar-refractivity contribution < 1.29 is 14.3 Å². The Morgan fingerprint density at radius 1 is 1.07 bits per heavy atom. The molecule has 0 fully saturated rings.